The van der Waals surface area contributed by atoms with Crippen molar-refractivity contribution < 1.29 is 14.3 Å². The summed E-state index contributed by atoms with van der Waals surface area (Å²) in [5.74, 6) is -0.244. The van der Waals surface area contributed by atoms with E-state index in [1.807, 2.05) is 20.8 Å². The topological polar surface area (TPSA) is 93.5 Å². The Morgan fingerprint density at radius 1 is 1.10 bits per heavy atom. The van der Waals surface area contributed by atoms with E-state index in [9.17, 15) is 9.59 Å². The Kier molecular flexibility index (Phi) is 5.10. The van der Waals surface area contributed by atoms with Crippen LogP contribution in [0.1, 0.15) is 20.8 Å². The molecule has 0 bridgehead atoms. The zero-order valence-corrected chi connectivity index (χ0v) is 12.2. The van der Waals surface area contributed by atoms with Gasteiger partial charge in [-0.2, -0.15) is 0 Å². The first-order chi connectivity index (χ1) is 9.24. The van der Waals surface area contributed by atoms with Crippen molar-refractivity contribution in [2.45, 2.75) is 26.8 Å². The number of nitrogens with two attached hydrogens (primary N) is 1. The maximum atomic E-state index is 11.9. The molecule has 0 aromatic heterocycles. The molecule has 1 atom stereocenters. The number of carbonyl (C=O) groups is 2. The molecule has 2 amide bonds. The number of hydrogen-bond donors (Lipinski definition) is 3. The van der Waals surface area contributed by atoms with Crippen molar-refractivity contribution in [3.8, 4) is 0 Å². The molecule has 1 aromatic rings. The Morgan fingerprint density at radius 3 is 1.95 bits per heavy atom. The molecule has 110 valence electrons. The third-order valence-corrected chi connectivity index (χ3v) is 2.80. The van der Waals surface area contributed by atoms with Crippen LogP contribution in [0.5, 0.6) is 0 Å². The van der Waals surface area contributed by atoms with Gasteiger partial charge in [-0.25, -0.2) is 4.79 Å². The number of rotatable bonds is 3. The van der Waals surface area contributed by atoms with Crippen LogP contribution in [0.2, 0.25) is 0 Å². The fourth-order valence-corrected chi connectivity index (χ4v) is 1.42. The molecule has 0 aliphatic heterocycles. The summed E-state index contributed by atoms with van der Waals surface area (Å²) in [5.41, 5.74) is 6.76. The molecule has 0 unspecified atom stereocenters. The van der Waals surface area contributed by atoms with Crippen molar-refractivity contribution in [3.05, 3.63) is 24.3 Å². The summed E-state index contributed by atoms with van der Waals surface area (Å²) in [6.07, 6.45) is -0.545. The predicted molar refractivity (Wildman–Crippen MR) is 78.5 cm³/mol. The van der Waals surface area contributed by atoms with Crippen molar-refractivity contribution in [3.63, 3.8) is 0 Å². The van der Waals surface area contributed by atoms with E-state index in [0.717, 1.165) is 0 Å². The average molecular weight is 279 g/mol. The van der Waals surface area contributed by atoms with Crippen LogP contribution in [0.25, 0.3) is 0 Å². The van der Waals surface area contributed by atoms with Crippen LogP contribution in [0.4, 0.5) is 16.2 Å². The highest BCUT2D eigenvalue weighted by molar-refractivity contribution is 5.95. The molecule has 0 radical (unpaired) electrons. The number of ether oxygens (including phenoxy) is 1. The molecule has 4 N–H and O–H groups in total. The van der Waals surface area contributed by atoms with Crippen molar-refractivity contribution >= 4 is 23.4 Å². The second kappa shape index (κ2) is 6.38. The molecule has 0 aliphatic rings. The van der Waals surface area contributed by atoms with E-state index >= 15 is 0 Å². The predicted octanol–water partition coefficient (Wildman–Crippen LogP) is 2.18. The zero-order chi connectivity index (χ0) is 15.3. The largest absolute Gasteiger partial charge is 0.453 e. The number of nitrogens with one attached hydrogen (secondary N) is 2. The molecule has 0 fully saturated rings. The summed E-state index contributed by atoms with van der Waals surface area (Å²) in [7, 11) is 1.29. The number of carbonyl (C=O) groups excluding carboxylic acids is 2. The Labute approximate surface area is 118 Å². The Bertz CT molecular complexity index is 477. The fourth-order valence-electron chi connectivity index (χ4n) is 1.42. The number of amides is 2. The van der Waals surface area contributed by atoms with Gasteiger partial charge >= 0.3 is 6.09 Å². The first kappa shape index (κ1) is 16.0. The van der Waals surface area contributed by atoms with Gasteiger partial charge in [0.25, 0.3) is 0 Å². The van der Waals surface area contributed by atoms with Crippen LogP contribution in [-0.4, -0.2) is 25.2 Å². The smallest absolute Gasteiger partial charge is 0.411 e. The van der Waals surface area contributed by atoms with Gasteiger partial charge in [0.15, 0.2) is 0 Å². The monoisotopic (exact) mass is 279 g/mol. The van der Waals surface area contributed by atoms with Gasteiger partial charge in [-0.3, -0.25) is 10.1 Å². The second-order valence-electron chi connectivity index (χ2n) is 5.53. The lowest BCUT2D eigenvalue weighted by Crippen LogP contribution is -2.45. The average Bonchev–Trinajstić information content (AvgIpc) is 2.38. The molecule has 6 heteroatoms. The zero-order valence-electron chi connectivity index (χ0n) is 12.2. The second-order valence-corrected chi connectivity index (χ2v) is 5.53. The molecule has 6 nitrogen and oxygen atoms in total. The highest BCUT2D eigenvalue weighted by Crippen LogP contribution is 2.19. The van der Waals surface area contributed by atoms with Crippen molar-refractivity contribution in [2.75, 3.05) is 17.7 Å². The maximum absolute atomic E-state index is 11.9. The number of hydrogen-bond acceptors (Lipinski definition) is 4. The quantitative estimate of drug-likeness (QED) is 0.790. The van der Waals surface area contributed by atoms with Gasteiger partial charge in [0, 0.05) is 11.4 Å². The molecule has 0 saturated carbocycles. The third kappa shape index (κ3) is 4.55. The van der Waals surface area contributed by atoms with E-state index in [1.165, 1.54) is 7.11 Å². The molecular formula is C14H21N3O3. The van der Waals surface area contributed by atoms with Gasteiger partial charge in [-0.15, -0.1) is 0 Å². The van der Waals surface area contributed by atoms with Crippen LogP contribution in [0, 0.1) is 5.41 Å². The maximum Gasteiger partial charge on any atom is 0.411 e. The summed E-state index contributed by atoms with van der Waals surface area (Å²) in [5, 5.41) is 5.26. The van der Waals surface area contributed by atoms with Gasteiger partial charge in [0.1, 0.15) is 0 Å². The van der Waals surface area contributed by atoms with Crippen molar-refractivity contribution in [2.24, 2.45) is 11.1 Å². The number of anilines is 2. The van der Waals surface area contributed by atoms with Gasteiger partial charge in [0.2, 0.25) is 5.91 Å². The van der Waals surface area contributed by atoms with Gasteiger partial charge in [0.05, 0.1) is 13.2 Å². The summed E-state index contributed by atoms with van der Waals surface area (Å²) in [4.78, 5) is 23.0. The van der Waals surface area contributed by atoms with Crippen LogP contribution in [0.3, 0.4) is 0 Å². The van der Waals surface area contributed by atoms with E-state index < -0.39 is 12.1 Å². The summed E-state index contributed by atoms with van der Waals surface area (Å²) in [6.45, 7) is 5.71. The molecule has 0 heterocycles. The molecule has 0 aliphatic carbocycles. The lowest BCUT2D eigenvalue weighted by Gasteiger charge is -2.25. The van der Waals surface area contributed by atoms with Gasteiger partial charge in [-0.1, -0.05) is 20.8 Å². The Hall–Kier alpha value is -2.08. The van der Waals surface area contributed by atoms with E-state index in [2.05, 4.69) is 15.4 Å². The van der Waals surface area contributed by atoms with E-state index in [0.29, 0.717) is 11.4 Å². The lowest BCUT2D eigenvalue weighted by atomic mass is 9.87. The molecule has 1 aromatic carbocycles. The minimum Gasteiger partial charge on any atom is -0.453 e. The van der Waals surface area contributed by atoms with E-state index in [4.69, 9.17) is 5.73 Å². The lowest BCUT2D eigenvalue weighted by molar-refractivity contribution is -0.119. The van der Waals surface area contributed by atoms with Gasteiger partial charge < -0.3 is 15.8 Å². The third-order valence-electron chi connectivity index (χ3n) is 2.80. The van der Waals surface area contributed by atoms with E-state index in [-0.39, 0.29) is 11.3 Å². The van der Waals surface area contributed by atoms with E-state index in [1.54, 1.807) is 24.3 Å². The minimum atomic E-state index is -0.602. The fraction of sp³-hybridized carbons (Fsp3) is 0.429. The first-order valence-electron chi connectivity index (χ1n) is 6.25. The first-order valence-corrected chi connectivity index (χ1v) is 6.25. The standard InChI is InChI=1S/C14H21N3O3/c1-14(2,3)11(15)12(18)16-9-5-7-10(8-6-9)17-13(19)20-4/h5-8,11H,15H2,1-4H3,(H,16,18)(H,17,19)/t11-/m0/s1. The van der Waals surface area contributed by atoms with Crippen molar-refractivity contribution in [1.29, 1.82) is 0 Å². The molecule has 1 rings (SSSR count). The SMILES string of the molecule is COC(=O)Nc1ccc(NC(=O)[C@H](N)C(C)(C)C)cc1. The van der Waals surface area contributed by atoms with Crippen LogP contribution < -0.4 is 16.4 Å². The van der Waals surface area contributed by atoms with Crippen molar-refractivity contribution in [1.82, 2.24) is 0 Å². The Morgan fingerprint density at radius 2 is 1.55 bits per heavy atom. The summed E-state index contributed by atoms with van der Waals surface area (Å²) >= 11 is 0. The van der Waals surface area contributed by atoms with Gasteiger partial charge in [-0.05, 0) is 29.7 Å². The number of benzene rings is 1. The normalized spacial score (nSPS) is 12.4. The molecule has 0 saturated heterocycles. The van der Waals surface area contributed by atoms with Crippen LogP contribution in [0.15, 0.2) is 24.3 Å². The highest BCUT2D eigenvalue weighted by atomic mass is 16.5. The Balaban J connectivity index is 2.66. The minimum absolute atomic E-state index is 0.244. The molecule has 20 heavy (non-hydrogen) atoms. The molecule has 0 spiro atoms. The number of methoxy groups -OCH3 is 1. The molecular weight excluding hydrogens is 258 g/mol. The van der Waals surface area contributed by atoms with Crippen LogP contribution >= 0.6 is 0 Å². The summed E-state index contributed by atoms with van der Waals surface area (Å²) in [6, 6.07) is 6.08. The van der Waals surface area contributed by atoms with Crippen LogP contribution in [-0.2, 0) is 9.53 Å². The highest BCUT2D eigenvalue weighted by Gasteiger charge is 2.27. The summed E-state index contributed by atoms with van der Waals surface area (Å²) < 4.78 is 4.48.